The highest BCUT2D eigenvalue weighted by Crippen LogP contribution is 2.33. The minimum Gasteiger partial charge on any atom is -0.384 e. The maximum atomic E-state index is 12.6. The van der Waals surface area contributed by atoms with Gasteiger partial charge in [-0.1, -0.05) is 12.1 Å². The van der Waals surface area contributed by atoms with Crippen LogP contribution in [0.3, 0.4) is 0 Å². The van der Waals surface area contributed by atoms with Crippen molar-refractivity contribution in [3.63, 3.8) is 0 Å². The average Bonchev–Trinajstić information content (AvgIpc) is 2.90. The third kappa shape index (κ3) is 3.94. The number of carbonyl (C=O) groups excluding carboxylic acids is 1. The molecule has 5 nitrogen and oxygen atoms in total. The van der Waals surface area contributed by atoms with Gasteiger partial charge in [-0.05, 0) is 36.8 Å². The van der Waals surface area contributed by atoms with E-state index in [0.717, 1.165) is 12.1 Å². The summed E-state index contributed by atoms with van der Waals surface area (Å²) in [7, 11) is -4.19. The quantitative estimate of drug-likeness (QED) is 0.839. The van der Waals surface area contributed by atoms with Crippen LogP contribution in [0.1, 0.15) is 18.1 Å². The fourth-order valence-corrected chi connectivity index (χ4v) is 4.96. The molecule has 1 aromatic rings. The third-order valence-electron chi connectivity index (χ3n) is 3.04. The second-order valence-corrected chi connectivity index (χ2v) is 8.42. The van der Waals surface area contributed by atoms with E-state index in [-0.39, 0.29) is 9.93 Å². The van der Waals surface area contributed by atoms with Gasteiger partial charge in [0.1, 0.15) is 6.10 Å². The molecule has 2 atom stereocenters. The van der Waals surface area contributed by atoms with Crippen molar-refractivity contribution in [2.75, 3.05) is 0 Å². The minimum absolute atomic E-state index is 0.0594. The standard InChI is InChI=1S/C14H12F3NO4S2/c1-8(19)13(20)18-12-7-6-11(23(12)24(21)22)9-2-4-10(5-3-9)14(15,16)17/h2-8,19H,1H3,(H,18,20). The second kappa shape index (κ2) is 6.91. The van der Waals surface area contributed by atoms with Crippen LogP contribution in [0.2, 0.25) is 0 Å². The SMILES string of the molecule is CC(O)C(=O)NC1=CC=C(c2ccc(C(F)(F)F)cc2)S1=S(=O)=O. The smallest absolute Gasteiger partial charge is 0.384 e. The Bertz CT molecular complexity index is 858. The largest absolute Gasteiger partial charge is 0.416 e. The van der Waals surface area contributed by atoms with Crippen LogP contribution in [0.15, 0.2) is 41.4 Å². The number of allylic oxidation sites excluding steroid dienone is 2. The molecule has 1 aliphatic rings. The summed E-state index contributed by atoms with van der Waals surface area (Å²) in [6.45, 7) is 1.22. The van der Waals surface area contributed by atoms with Gasteiger partial charge in [0.05, 0.1) is 10.6 Å². The molecule has 2 N–H and O–H groups in total. The zero-order chi connectivity index (χ0) is 18.1. The van der Waals surface area contributed by atoms with Crippen molar-refractivity contribution in [2.45, 2.75) is 19.2 Å². The van der Waals surface area contributed by atoms with E-state index < -0.39 is 42.5 Å². The zero-order valence-electron chi connectivity index (χ0n) is 12.2. The number of aliphatic hydroxyl groups excluding tert-OH is 1. The molecule has 10 heteroatoms. The maximum Gasteiger partial charge on any atom is 0.416 e. The lowest BCUT2D eigenvalue weighted by atomic mass is 10.1. The van der Waals surface area contributed by atoms with Crippen molar-refractivity contribution in [1.29, 1.82) is 0 Å². The normalized spacial score (nSPS) is 18.6. The fourth-order valence-electron chi connectivity index (χ4n) is 1.88. The molecule has 130 valence electrons. The first-order valence-corrected chi connectivity index (χ1v) is 9.35. The van der Waals surface area contributed by atoms with Gasteiger partial charge in [0.25, 0.3) is 15.2 Å². The van der Waals surface area contributed by atoms with Crippen molar-refractivity contribution in [3.8, 4) is 0 Å². The Labute approximate surface area is 138 Å². The van der Waals surface area contributed by atoms with Crippen molar-refractivity contribution in [2.24, 2.45) is 0 Å². The van der Waals surface area contributed by atoms with Crippen LogP contribution in [0.5, 0.6) is 0 Å². The molecule has 2 rings (SSSR count). The fraction of sp³-hybridized carbons (Fsp3) is 0.214. The van der Waals surface area contributed by atoms with Gasteiger partial charge < -0.3 is 10.4 Å². The summed E-state index contributed by atoms with van der Waals surface area (Å²) in [6.07, 6.45) is -3.04. The lowest BCUT2D eigenvalue weighted by molar-refractivity contribution is -0.137. The highest BCUT2D eigenvalue weighted by Gasteiger charge is 2.30. The van der Waals surface area contributed by atoms with Gasteiger partial charge >= 0.3 is 6.18 Å². The number of halogens is 3. The number of carbonyl (C=O) groups is 1. The molecule has 1 aliphatic heterocycles. The van der Waals surface area contributed by atoms with E-state index in [1.807, 2.05) is 0 Å². The van der Waals surface area contributed by atoms with Crippen LogP contribution in [0.4, 0.5) is 13.2 Å². The minimum atomic E-state index is -4.49. The summed E-state index contributed by atoms with van der Waals surface area (Å²) < 4.78 is 60.8. The molecule has 0 spiro atoms. The Kier molecular flexibility index (Phi) is 5.31. The van der Waals surface area contributed by atoms with Gasteiger partial charge in [0, 0.05) is 14.4 Å². The van der Waals surface area contributed by atoms with E-state index in [0.29, 0.717) is 5.56 Å². The molecule has 2 unspecified atom stereocenters. The molecule has 0 aromatic heterocycles. The summed E-state index contributed by atoms with van der Waals surface area (Å²) in [5.41, 5.74) is -0.545. The number of amides is 1. The summed E-state index contributed by atoms with van der Waals surface area (Å²) in [4.78, 5) is 11.8. The van der Waals surface area contributed by atoms with Crippen LogP contribution >= 0.6 is 0 Å². The van der Waals surface area contributed by atoms with Gasteiger partial charge in [0.15, 0.2) is 0 Å². The molecule has 1 amide bonds. The van der Waals surface area contributed by atoms with E-state index in [9.17, 15) is 31.5 Å². The Morgan fingerprint density at radius 3 is 2.25 bits per heavy atom. The van der Waals surface area contributed by atoms with E-state index in [4.69, 9.17) is 0 Å². The summed E-state index contributed by atoms with van der Waals surface area (Å²) in [6, 6.07) is 4.07. The molecular weight excluding hydrogens is 367 g/mol. The monoisotopic (exact) mass is 379 g/mol. The number of benzene rings is 1. The Hall–Kier alpha value is -1.91. The molecule has 0 aliphatic carbocycles. The first kappa shape index (κ1) is 18.4. The van der Waals surface area contributed by atoms with Crippen LogP contribution in [-0.4, -0.2) is 25.5 Å². The number of hydrogen-bond acceptors (Lipinski definition) is 4. The number of hydrogen-bond donors (Lipinski definition) is 2. The zero-order valence-corrected chi connectivity index (χ0v) is 13.8. The Balaban J connectivity index is 2.34. The van der Waals surface area contributed by atoms with Crippen molar-refractivity contribution >= 4 is 29.5 Å². The van der Waals surface area contributed by atoms with Gasteiger partial charge in [-0.2, -0.15) is 21.6 Å². The molecule has 0 saturated heterocycles. The van der Waals surface area contributed by atoms with Crippen LogP contribution in [-0.2, 0) is 29.7 Å². The van der Waals surface area contributed by atoms with Gasteiger partial charge in [-0.25, -0.2) is 0 Å². The predicted octanol–water partition coefficient (Wildman–Crippen LogP) is 1.81. The van der Waals surface area contributed by atoms with E-state index in [1.165, 1.54) is 31.2 Å². The molecule has 0 saturated carbocycles. The number of alkyl halides is 3. The van der Waals surface area contributed by atoms with Crippen LogP contribution < -0.4 is 5.32 Å². The average molecular weight is 379 g/mol. The highest BCUT2D eigenvalue weighted by atomic mass is 32.9. The van der Waals surface area contributed by atoms with Crippen molar-refractivity contribution in [3.05, 3.63) is 52.6 Å². The van der Waals surface area contributed by atoms with Gasteiger partial charge in [-0.3, -0.25) is 4.79 Å². The van der Waals surface area contributed by atoms with Gasteiger partial charge in [0.2, 0.25) is 0 Å². The first-order chi connectivity index (χ1) is 11.1. The molecule has 1 heterocycles. The molecule has 0 radical (unpaired) electrons. The van der Waals surface area contributed by atoms with Crippen LogP contribution in [0, 0.1) is 0 Å². The summed E-state index contributed by atoms with van der Waals surface area (Å²) in [5.74, 6) is -0.772. The highest BCUT2D eigenvalue weighted by molar-refractivity contribution is 8.40. The van der Waals surface area contributed by atoms with Crippen LogP contribution in [0.25, 0.3) is 4.91 Å². The molecule has 0 bridgehead atoms. The van der Waals surface area contributed by atoms with E-state index >= 15 is 0 Å². The van der Waals surface area contributed by atoms with E-state index in [2.05, 4.69) is 5.32 Å². The van der Waals surface area contributed by atoms with Crippen molar-refractivity contribution in [1.82, 2.24) is 5.32 Å². The molecule has 1 aromatic carbocycles. The predicted molar refractivity (Wildman–Crippen MR) is 83.6 cm³/mol. The van der Waals surface area contributed by atoms with Crippen molar-refractivity contribution < 1.29 is 31.5 Å². The lowest BCUT2D eigenvalue weighted by Crippen LogP contribution is -2.32. The molecule has 0 fully saturated rings. The first-order valence-electron chi connectivity index (χ1n) is 6.54. The van der Waals surface area contributed by atoms with Gasteiger partial charge in [-0.15, -0.1) is 0 Å². The summed E-state index contributed by atoms with van der Waals surface area (Å²) in [5, 5.41) is 11.5. The van der Waals surface area contributed by atoms with E-state index in [1.54, 1.807) is 0 Å². The molecule has 24 heavy (non-hydrogen) atoms. The third-order valence-corrected chi connectivity index (χ3v) is 6.62. The Morgan fingerprint density at radius 1 is 1.21 bits per heavy atom. The Morgan fingerprint density at radius 2 is 1.79 bits per heavy atom. The topological polar surface area (TPSA) is 83.5 Å². The lowest BCUT2D eigenvalue weighted by Gasteiger charge is -2.12. The number of aliphatic hydroxyl groups is 1. The summed E-state index contributed by atoms with van der Waals surface area (Å²) >= 11 is 0. The number of nitrogens with one attached hydrogen (secondary N) is 1. The molecular formula is C14H12F3NO4S2. The number of rotatable bonds is 3. The second-order valence-electron chi connectivity index (χ2n) is 4.78. The maximum absolute atomic E-state index is 12.6.